The minimum atomic E-state index is -1.48. The van der Waals surface area contributed by atoms with Crippen LogP contribution in [-0.2, 0) is 26.6 Å². The second kappa shape index (κ2) is 10.7. The molecule has 1 saturated carbocycles. The van der Waals surface area contributed by atoms with Crippen molar-refractivity contribution in [3.05, 3.63) is 42.0 Å². The summed E-state index contributed by atoms with van der Waals surface area (Å²) in [5, 5.41) is 0.0159. The number of thiophene rings is 1. The van der Waals surface area contributed by atoms with Gasteiger partial charge in [0.25, 0.3) is 0 Å². The standard InChI is InChI=1S/C21H24N2O3S4.C2H6/c1-14(2)29(25)18-7-8-19(28-18)30(26)22-17-6-4-3-5-16(17)20(27)23-12-9-15(24)13-21(23)10-11-21;1-2/h3-8,14,22H,9-13H2,1-2H3;1-2H3. The van der Waals surface area contributed by atoms with Crippen LogP contribution in [0.4, 0.5) is 5.69 Å². The molecule has 1 N–H and O–H groups in total. The Morgan fingerprint density at radius 1 is 1.12 bits per heavy atom. The molecule has 2 aliphatic rings. The number of carbonyl (C=O) groups is 1. The normalized spacial score (nSPS) is 18.7. The molecule has 5 nitrogen and oxygen atoms in total. The van der Waals surface area contributed by atoms with E-state index >= 15 is 0 Å². The summed E-state index contributed by atoms with van der Waals surface area (Å²) < 4.78 is 29.7. The molecule has 32 heavy (non-hydrogen) atoms. The highest BCUT2D eigenvalue weighted by atomic mass is 32.2. The van der Waals surface area contributed by atoms with E-state index in [0.717, 1.165) is 22.6 Å². The van der Waals surface area contributed by atoms with Crippen molar-refractivity contribution in [2.24, 2.45) is 0 Å². The predicted molar refractivity (Wildman–Crippen MR) is 138 cm³/mol. The van der Waals surface area contributed by atoms with E-state index in [-0.39, 0.29) is 10.8 Å². The highest BCUT2D eigenvalue weighted by molar-refractivity contribution is 7.91. The number of nitrogens with one attached hydrogen (secondary N) is 1. The van der Waals surface area contributed by atoms with Crippen molar-refractivity contribution in [3.8, 4) is 0 Å². The second-order valence-electron chi connectivity index (χ2n) is 7.98. The van der Waals surface area contributed by atoms with E-state index in [1.165, 1.54) is 11.3 Å². The number of anilines is 1. The van der Waals surface area contributed by atoms with Crippen molar-refractivity contribution in [1.82, 2.24) is 4.90 Å². The van der Waals surface area contributed by atoms with Gasteiger partial charge in [-0.1, -0.05) is 52.0 Å². The number of carbonyl (C=O) groups excluding carboxylic acids is 1. The summed E-state index contributed by atoms with van der Waals surface area (Å²) in [5.41, 5.74) is 1.42. The Hall–Kier alpha value is -1.42. The summed E-state index contributed by atoms with van der Waals surface area (Å²) >= 11 is 7.14. The first-order valence-corrected chi connectivity index (χ1v) is 14.5. The van der Waals surface area contributed by atoms with Crippen LogP contribution in [0.5, 0.6) is 0 Å². The Morgan fingerprint density at radius 3 is 2.44 bits per heavy atom. The number of thiocarbonyl (C=S) groups is 1. The lowest BCUT2D eigenvalue weighted by Gasteiger charge is -2.38. The number of piperidine rings is 1. The first-order valence-electron chi connectivity index (χ1n) is 10.9. The van der Waals surface area contributed by atoms with Gasteiger partial charge in [-0.15, -0.1) is 11.3 Å². The van der Waals surface area contributed by atoms with Crippen LogP contribution in [0.1, 0.15) is 58.9 Å². The summed E-state index contributed by atoms with van der Waals surface area (Å²) in [4.78, 5) is 14.8. The van der Waals surface area contributed by atoms with Gasteiger partial charge in [0.05, 0.1) is 20.7 Å². The van der Waals surface area contributed by atoms with Gasteiger partial charge >= 0.3 is 0 Å². The molecule has 1 aromatic carbocycles. The maximum absolute atomic E-state index is 13.0. The molecule has 0 amide bonds. The molecule has 9 heteroatoms. The molecule has 2 aromatic rings. The number of likely N-dealkylation sites (tertiary alicyclic amines) is 1. The zero-order valence-electron chi connectivity index (χ0n) is 18.9. The fraction of sp³-hybridized carbons (Fsp3) is 0.478. The number of ketones is 1. The molecular formula is C23H30N2O3S4. The maximum atomic E-state index is 13.0. The van der Waals surface area contributed by atoms with E-state index < -0.39 is 21.8 Å². The van der Waals surface area contributed by atoms with Crippen molar-refractivity contribution in [2.75, 3.05) is 11.3 Å². The lowest BCUT2D eigenvalue weighted by molar-refractivity contribution is -0.122. The number of nitrogens with zero attached hydrogens (tertiary/aromatic N) is 1. The summed E-state index contributed by atoms with van der Waals surface area (Å²) in [5.74, 6) is 0.311. The quantitative estimate of drug-likeness (QED) is 0.535. The van der Waals surface area contributed by atoms with E-state index in [4.69, 9.17) is 12.2 Å². The number of hydrogen-bond acceptors (Lipinski definition) is 5. The lowest BCUT2D eigenvalue weighted by Crippen LogP contribution is -2.48. The topological polar surface area (TPSA) is 66.5 Å². The number of para-hydroxylation sites is 1. The summed E-state index contributed by atoms with van der Waals surface area (Å²) in [6.07, 6.45) is 3.07. The molecule has 2 atom stereocenters. The van der Waals surface area contributed by atoms with Crippen LogP contribution >= 0.6 is 23.6 Å². The van der Waals surface area contributed by atoms with Crippen LogP contribution < -0.4 is 4.72 Å². The largest absolute Gasteiger partial charge is 0.356 e. The maximum Gasteiger partial charge on any atom is 0.160 e. The predicted octanol–water partition coefficient (Wildman–Crippen LogP) is 5.30. The molecule has 0 bridgehead atoms. The van der Waals surface area contributed by atoms with Crippen LogP contribution in [-0.4, -0.2) is 41.4 Å². The smallest absolute Gasteiger partial charge is 0.160 e. The van der Waals surface area contributed by atoms with Gasteiger partial charge in [-0.05, 0) is 37.1 Å². The van der Waals surface area contributed by atoms with Crippen molar-refractivity contribution in [1.29, 1.82) is 0 Å². The van der Waals surface area contributed by atoms with Crippen LogP contribution in [0, 0.1) is 0 Å². The molecule has 2 fully saturated rings. The Morgan fingerprint density at radius 2 is 1.78 bits per heavy atom. The zero-order valence-corrected chi connectivity index (χ0v) is 22.1. The number of benzene rings is 1. The van der Waals surface area contributed by atoms with Gasteiger partial charge in [-0.2, -0.15) is 0 Å². The van der Waals surface area contributed by atoms with Gasteiger partial charge < -0.3 is 4.90 Å². The molecular weight excluding hydrogens is 481 g/mol. The van der Waals surface area contributed by atoms with Crippen molar-refractivity contribution >= 4 is 61.8 Å². The Balaban J connectivity index is 0.00000141. The molecule has 2 unspecified atom stereocenters. The monoisotopic (exact) mass is 510 g/mol. The van der Waals surface area contributed by atoms with E-state index in [0.29, 0.717) is 40.1 Å². The van der Waals surface area contributed by atoms with E-state index in [1.807, 2.05) is 52.0 Å². The Labute approximate surface area is 205 Å². The number of rotatable bonds is 6. The molecule has 2 heterocycles. The average Bonchev–Trinajstić information content (AvgIpc) is 3.35. The summed E-state index contributed by atoms with van der Waals surface area (Å²) in [7, 11) is -2.58. The van der Waals surface area contributed by atoms with Crippen molar-refractivity contribution in [3.63, 3.8) is 0 Å². The van der Waals surface area contributed by atoms with Gasteiger partial charge in [0.1, 0.15) is 15.0 Å². The number of hydrogen-bond donors (Lipinski definition) is 1. The minimum absolute atomic E-state index is 0.0159. The Bertz CT molecular complexity index is 1040. The fourth-order valence-corrected chi connectivity index (χ4v) is 8.03. The minimum Gasteiger partial charge on any atom is -0.356 e. The third kappa shape index (κ3) is 5.38. The SMILES string of the molecule is CC.CC(C)S(=O)c1ccc(S(=O)Nc2ccccc2C(=S)N2CCC(=O)CC23CC3)s1. The first kappa shape index (κ1) is 25.2. The van der Waals surface area contributed by atoms with Gasteiger partial charge in [0.15, 0.2) is 11.0 Å². The van der Waals surface area contributed by atoms with Crippen LogP contribution in [0.3, 0.4) is 0 Å². The van der Waals surface area contributed by atoms with Crippen LogP contribution in [0.15, 0.2) is 44.8 Å². The molecule has 0 radical (unpaired) electrons. The zero-order chi connectivity index (χ0) is 23.5. The lowest BCUT2D eigenvalue weighted by atomic mass is 9.97. The third-order valence-electron chi connectivity index (χ3n) is 5.51. The average molecular weight is 511 g/mol. The fourth-order valence-electron chi connectivity index (χ4n) is 3.73. The first-order chi connectivity index (χ1) is 15.3. The third-order valence-corrected chi connectivity index (χ3v) is 10.4. The Kier molecular flexibility index (Phi) is 8.41. The molecule has 1 aliphatic carbocycles. The van der Waals surface area contributed by atoms with E-state index in [9.17, 15) is 13.2 Å². The number of Topliss-reactive ketones (excluding diaryl/α,β-unsaturated/α-hetero) is 1. The highest BCUT2D eigenvalue weighted by Crippen LogP contribution is 2.48. The van der Waals surface area contributed by atoms with Gasteiger partial charge in [0, 0.05) is 35.7 Å². The van der Waals surface area contributed by atoms with E-state index in [2.05, 4.69) is 9.62 Å². The highest BCUT2D eigenvalue weighted by Gasteiger charge is 2.52. The van der Waals surface area contributed by atoms with Gasteiger partial charge in [0.2, 0.25) is 0 Å². The van der Waals surface area contributed by atoms with Crippen molar-refractivity contribution in [2.45, 2.75) is 72.6 Å². The molecule has 1 spiro atoms. The molecule has 1 aromatic heterocycles. The van der Waals surface area contributed by atoms with Gasteiger partial charge in [-0.3, -0.25) is 13.7 Å². The van der Waals surface area contributed by atoms with Crippen LogP contribution in [0.25, 0.3) is 0 Å². The summed E-state index contributed by atoms with van der Waals surface area (Å²) in [6, 6.07) is 11.1. The van der Waals surface area contributed by atoms with Crippen molar-refractivity contribution < 1.29 is 13.2 Å². The molecule has 1 saturated heterocycles. The summed E-state index contributed by atoms with van der Waals surface area (Å²) in [6.45, 7) is 8.45. The van der Waals surface area contributed by atoms with Crippen LogP contribution in [0.2, 0.25) is 0 Å². The molecule has 174 valence electrons. The molecule has 4 rings (SSSR count). The van der Waals surface area contributed by atoms with Gasteiger partial charge in [-0.25, -0.2) is 4.21 Å². The molecule has 1 aliphatic heterocycles. The van der Waals surface area contributed by atoms with E-state index in [1.54, 1.807) is 12.1 Å². The second-order valence-corrected chi connectivity index (χ2v) is 13.1.